The number of aromatic nitrogens is 1. The predicted octanol–water partition coefficient (Wildman–Crippen LogP) is 5.31. The van der Waals surface area contributed by atoms with Crippen LogP contribution in [0.5, 0.6) is 0 Å². The Hall–Kier alpha value is -3.40. The maximum atomic E-state index is 12.9. The number of carbonyl (C=O) groups is 1. The van der Waals surface area contributed by atoms with Crippen molar-refractivity contribution in [2.75, 3.05) is 5.32 Å². The van der Waals surface area contributed by atoms with Gasteiger partial charge >= 0.3 is 0 Å². The lowest BCUT2D eigenvalue weighted by molar-refractivity contribution is 0.102. The molecule has 128 valence electrons. The van der Waals surface area contributed by atoms with Crippen molar-refractivity contribution < 1.29 is 9.21 Å². The zero-order valence-electron chi connectivity index (χ0n) is 14.4. The fraction of sp³-hybridized carbons (Fsp3) is 0.0909. The number of nitrogens with zero attached hydrogens (tertiary/aromatic N) is 1. The van der Waals surface area contributed by atoms with Crippen molar-refractivity contribution in [1.82, 2.24) is 4.98 Å². The van der Waals surface area contributed by atoms with E-state index in [1.165, 1.54) is 5.56 Å². The summed E-state index contributed by atoms with van der Waals surface area (Å²) in [5, 5.41) is 3.79. The first-order valence-electron chi connectivity index (χ1n) is 8.58. The Bertz CT molecular complexity index is 1050. The van der Waals surface area contributed by atoms with Crippen LogP contribution in [0.15, 0.2) is 77.4 Å². The van der Waals surface area contributed by atoms with Crippen molar-refractivity contribution in [3.63, 3.8) is 0 Å². The minimum atomic E-state index is -0.166. The standard InChI is InChI=1S/C22H18N2O2/c1-2-15-9-11-16(12-10-15)23-22(25)18-14-20(21-8-5-13-26-21)24-19-7-4-3-6-17(18)19/h3-14H,2H2,1H3,(H,23,25). The Morgan fingerprint density at radius 1 is 1.04 bits per heavy atom. The van der Waals surface area contributed by atoms with Gasteiger partial charge in [-0.3, -0.25) is 4.79 Å². The highest BCUT2D eigenvalue weighted by Gasteiger charge is 2.15. The van der Waals surface area contributed by atoms with E-state index in [0.29, 0.717) is 17.0 Å². The quantitative estimate of drug-likeness (QED) is 0.547. The molecule has 4 rings (SSSR count). The molecule has 2 aromatic heterocycles. The second-order valence-corrected chi connectivity index (χ2v) is 6.05. The van der Waals surface area contributed by atoms with Gasteiger partial charge in [-0.1, -0.05) is 37.3 Å². The van der Waals surface area contributed by atoms with Gasteiger partial charge in [-0.15, -0.1) is 0 Å². The first kappa shape index (κ1) is 16.1. The first-order valence-corrected chi connectivity index (χ1v) is 8.58. The van der Waals surface area contributed by atoms with E-state index in [1.54, 1.807) is 18.4 Å². The summed E-state index contributed by atoms with van der Waals surface area (Å²) in [6.07, 6.45) is 2.57. The summed E-state index contributed by atoms with van der Waals surface area (Å²) < 4.78 is 5.45. The molecule has 4 aromatic rings. The van der Waals surface area contributed by atoms with E-state index in [-0.39, 0.29) is 5.91 Å². The van der Waals surface area contributed by atoms with Gasteiger partial charge in [-0.2, -0.15) is 0 Å². The Morgan fingerprint density at radius 2 is 1.85 bits per heavy atom. The van der Waals surface area contributed by atoms with Gasteiger partial charge in [0, 0.05) is 11.1 Å². The molecule has 2 aromatic carbocycles. The highest BCUT2D eigenvalue weighted by molar-refractivity contribution is 6.13. The Balaban J connectivity index is 1.75. The Kier molecular flexibility index (Phi) is 4.23. The molecule has 1 amide bonds. The molecule has 0 aliphatic heterocycles. The number of para-hydroxylation sites is 1. The summed E-state index contributed by atoms with van der Waals surface area (Å²) in [5.41, 5.74) is 3.97. The monoisotopic (exact) mass is 342 g/mol. The number of pyridine rings is 1. The van der Waals surface area contributed by atoms with E-state index in [2.05, 4.69) is 17.2 Å². The van der Waals surface area contributed by atoms with E-state index in [4.69, 9.17) is 4.42 Å². The van der Waals surface area contributed by atoms with E-state index >= 15 is 0 Å². The van der Waals surface area contributed by atoms with Crippen LogP contribution in [0.1, 0.15) is 22.8 Å². The van der Waals surface area contributed by atoms with Crippen molar-refractivity contribution in [2.24, 2.45) is 0 Å². The summed E-state index contributed by atoms with van der Waals surface area (Å²) in [6, 6.07) is 20.9. The van der Waals surface area contributed by atoms with Crippen LogP contribution in [0.25, 0.3) is 22.4 Å². The lowest BCUT2D eigenvalue weighted by Gasteiger charge is -2.10. The van der Waals surface area contributed by atoms with Gasteiger partial charge in [0.25, 0.3) is 5.91 Å². The molecule has 0 unspecified atom stereocenters. The smallest absolute Gasteiger partial charge is 0.256 e. The minimum Gasteiger partial charge on any atom is -0.463 e. The third-order valence-corrected chi connectivity index (χ3v) is 4.35. The number of benzene rings is 2. The van der Waals surface area contributed by atoms with Crippen molar-refractivity contribution in [1.29, 1.82) is 0 Å². The highest BCUT2D eigenvalue weighted by Crippen LogP contribution is 2.26. The topological polar surface area (TPSA) is 55.1 Å². The maximum Gasteiger partial charge on any atom is 0.256 e. The zero-order valence-corrected chi connectivity index (χ0v) is 14.4. The number of aryl methyl sites for hydroxylation is 1. The second-order valence-electron chi connectivity index (χ2n) is 6.05. The number of hydrogen-bond donors (Lipinski definition) is 1. The third-order valence-electron chi connectivity index (χ3n) is 4.35. The number of nitrogens with one attached hydrogen (secondary N) is 1. The molecule has 4 nitrogen and oxygen atoms in total. The zero-order chi connectivity index (χ0) is 17.9. The number of amides is 1. The predicted molar refractivity (Wildman–Crippen MR) is 103 cm³/mol. The lowest BCUT2D eigenvalue weighted by Crippen LogP contribution is -2.13. The van der Waals surface area contributed by atoms with Gasteiger partial charge in [-0.25, -0.2) is 4.98 Å². The number of fused-ring (bicyclic) bond motifs is 1. The van der Waals surface area contributed by atoms with Gasteiger partial charge in [0.05, 0.1) is 17.3 Å². The van der Waals surface area contributed by atoms with Crippen LogP contribution in [0.2, 0.25) is 0 Å². The minimum absolute atomic E-state index is 0.166. The second kappa shape index (κ2) is 6.84. The molecule has 0 radical (unpaired) electrons. The van der Waals surface area contributed by atoms with Crippen molar-refractivity contribution in [3.8, 4) is 11.5 Å². The van der Waals surface area contributed by atoms with Gasteiger partial charge in [0.1, 0.15) is 5.69 Å². The summed E-state index contributed by atoms with van der Waals surface area (Å²) in [6.45, 7) is 2.10. The Labute approximate surface area is 151 Å². The van der Waals surface area contributed by atoms with Crippen LogP contribution in [-0.4, -0.2) is 10.9 Å². The third kappa shape index (κ3) is 3.09. The molecule has 0 aliphatic carbocycles. The number of rotatable bonds is 4. The van der Waals surface area contributed by atoms with Gasteiger partial charge in [0.15, 0.2) is 5.76 Å². The summed E-state index contributed by atoms with van der Waals surface area (Å²) in [4.78, 5) is 17.6. The molecular weight excluding hydrogens is 324 g/mol. The molecule has 26 heavy (non-hydrogen) atoms. The fourth-order valence-corrected chi connectivity index (χ4v) is 2.94. The first-order chi connectivity index (χ1) is 12.7. The molecule has 0 spiro atoms. The van der Waals surface area contributed by atoms with Gasteiger partial charge < -0.3 is 9.73 Å². The summed E-state index contributed by atoms with van der Waals surface area (Å²) >= 11 is 0. The summed E-state index contributed by atoms with van der Waals surface area (Å²) in [5.74, 6) is 0.470. The molecule has 0 atom stereocenters. The molecule has 0 bridgehead atoms. The van der Waals surface area contributed by atoms with Crippen LogP contribution in [0, 0.1) is 0 Å². The molecule has 2 heterocycles. The van der Waals surface area contributed by atoms with Crippen LogP contribution in [-0.2, 0) is 6.42 Å². The highest BCUT2D eigenvalue weighted by atomic mass is 16.3. The number of furan rings is 1. The van der Waals surface area contributed by atoms with E-state index in [1.807, 2.05) is 54.6 Å². The van der Waals surface area contributed by atoms with E-state index < -0.39 is 0 Å². The SMILES string of the molecule is CCc1ccc(NC(=O)c2cc(-c3ccco3)nc3ccccc23)cc1. The lowest BCUT2D eigenvalue weighted by atomic mass is 10.1. The van der Waals surface area contributed by atoms with Gasteiger partial charge in [0.2, 0.25) is 0 Å². The maximum absolute atomic E-state index is 12.9. The van der Waals surface area contributed by atoms with Crippen molar-refractivity contribution >= 4 is 22.5 Å². The molecule has 0 aliphatic rings. The average Bonchev–Trinajstić information content (AvgIpc) is 3.22. The average molecular weight is 342 g/mol. The molecule has 0 saturated carbocycles. The van der Waals surface area contributed by atoms with Crippen LogP contribution in [0.4, 0.5) is 5.69 Å². The Morgan fingerprint density at radius 3 is 2.58 bits per heavy atom. The molecule has 0 saturated heterocycles. The summed E-state index contributed by atoms with van der Waals surface area (Å²) in [7, 11) is 0. The molecule has 4 heteroatoms. The fourth-order valence-electron chi connectivity index (χ4n) is 2.94. The van der Waals surface area contributed by atoms with E-state index in [0.717, 1.165) is 23.0 Å². The van der Waals surface area contributed by atoms with Crippen molar-refractivity contribution in [3.05, 3.63) is 84.1 Å². The number of anilines is 1. The molecule has 1 N–H and O–H groups in total. The normalized spacial score (nSPS) is 10.8. The molecular formula is C22H18N2O2. The van der Waals surface area contributed by atoms with Crippen LogP contribution >= 0.6 is 0 Å². The largest absolute Gasteiger partial charge is 0.463 e. The molecule has 0 fully saturated rings. The number of carbonyl (C=O) groups excluding carboxylic acids is 1. The van der Waals surface area contributed by atoms with Crippen molar-refractivity contribution in [2.45, 2.75) is 13.3 Å². The number of hydrogen-bond acceptors (Lipinski definition) is 3. The van der Waals surface area contributed by atoms with Crippen LogP contribution in [0.3, 0.4) is 0 Å². The van der Waals surface area contributed by atoms with Crippen LogP contribution < -0.4 is 5.32 Å². The van der Waals surface area contributed by atoms with E-state index in [9.17, 15) is 4.79 Å². The van der Waals surface area contributed by atoms with Gasteiger partial charge in [-0.05, 0) is 48.4 Å².